The number of allylic oxidation sites excluding steroid dienone is 4. The van der Waals surface area contributed by atoms with Crippen LogP contribution in [-0.2, 0) is 35.5 Å². The van der Waals surface area contributed by atoms with Crippen LogP contribution in [0.15, 0.2) is 112 Å². The fraction of sp³-hybridized carbons (Fsp3) is 0.369. The average molecular weight is 1020 g/mol. The Morgan fingerprint density at radius 2 is 0.941 bits per heavy atom. The zero-order chi connectivity index (χ0) is 48.2. The second-order valence-corrected chi connectivity index (χ2v) is 36.8. The van der Waals surface area contributed by atoms with Crippen molar-refractivity contribution in [3.63, 3.8) is 0 Å². The number of hydrogen-bond acceptors (Lipinski definition) is 0. The molecule has 0 N–H and O–H groups in total. The van der Waals surface area contributed by atoms with Gasteiger partial charge < -0.3 is 0 Å². The number of benzene rings is 6. The van der Waals surface area contributed by atoms with Gasteiger partial charge in [0.05, 0.1) is 0 Å². The monoisotopic (exact) mass is 1020 g/mol. The van der Waals surface area contributed by atoms with Gasteiger partial charge in [-0.2, -0.15) is 0 Å². The molecule has 2 aliphatic carbocycles. The van der Waals surface area contributed by atoms with Crippen LogP contribution < -0.4 is 9.81 Å². The minimum absolute atomic E-state index is 0. The van der Waals surface area contributed by atoms with Crippen molar-refractivity contribution in [1.29, 1.82) is 0 Å². The molecule has 0 radical (unpaired) electrons. The summed E-state index contributed by atoms with van der Waals surface area (Å²) in [6.45, 7) is 42.5. The summed E-state index contributed by atoms with van der Waals surface area (Å²) in [6, 6.07) is 37.1. The van der Waals surface area contributed by atoms with Gasteiger partial charge in [0.1, 0.15) is 0 Å². The Labute approximate surface area is 425 Å². The summed E-state index contributed by atoms with van der Waals surface area (Å²) in [5, 5.41) is 0. The van der Waals surface area contributed by atoms with Gasteiger partial charge in [-0.15, -0.1) is 24.8 Å². The van der Waals surface area contributed by atoms with Crippen LogP contribution in [0.2, 0.25) is 0 Å². The molecule has 3 heteroatoms. The van der Waals surface area contributed by atoms with Crippen LogP contribution in [0.5, 0.6) is 0 Å². The molecule has 6 aromatic carbocycles. The van der Waals surface area contributed by atoms with Gasteiger partial charge in [-0.1, -0.05) is 0 Å². The van der Waals surface area contributed by atoms with Gasteiger partial charge in [0.2, 0.25) is 0 Å². The molecule has 0 spiro atoms. The molecule has 8 rings (SSSR count). The Kier molecular flexibility index (Phi) is 14.5. The first-order valence-electron chi connectivity index (χ1n) is 24.8. The first kappa shape index (κ1) is 53.5. The van der Waals surface area contributed by atoms with Crippen molar-refractivity contribution in [2.75, 3.05) is 0 Å². The SMILES string of the molecule is Cl.Cl.[CH2]=[Zr]([C]1=CC(C(C)(C)C)=CC1CC)([c]1ccc(C)cc1)([c]1ccc(C)cc1)[c]1c2c(cc(C(C)(C)C)c1-c1c(C)cc(C)cc1C)-c1cc(C(C)(C)C)c(-c3c(C)cc(C)cc3C)cc1C2. The molecule has 6 aromatic rings. The third-order valence-corrected chi connectivity index (χ3v) is 32.2. The standard InChI is InChI=1S/C39H45.C11H17.2C7H7.CH2.2ClH.Zr/c1-22-13-24(3)36(25(4)14-22)32-18-28-17-29-19-33(37-26(5)15-23(2)16-27(37)6)35(39(10,11)12)21-31(29)30(28)20-34(32)38(7,8)9;1-5-9-6-7-10(8-9)11(2,3)4;2*1-7-5-3-2-4-6-7;;;;/h13-16,18,20-21H,17H2,1-12H3;7-9H,5H2,1-4H3;2*3-6H,1H3;1H2;2*1H;. The van der Waals surface area contributed by atoms with E-state index in [2.05, 4.69) is 228 Å². The molecule has 0 nitrogen and oxygen atoms in total. The molecule has 0 bridgehead atoms. The maximum absolute atomic E-state index is 6.26. The summed E-state index contributed by atoms with van der Waals surface area (Å²) in [4.78, 5) is 0. The second-order valence-electron chi connectivity index (χ2n) is 24.2. The molecule has 2 aliphatic rings. The first-order valence-corrected chi connectivity index (χ1v) is 31.5. The quantitative estimate of drug-likeness (QED) is 0.149. The van der Waals surface area contributed by atoms with Gasteiger partial charge in [0, 0.05) is 0 Å². The van der Waals surface area contributed by atoms with E-state index in [9.17, 15) is 0 Å². The summed E-state index contributed by atoms with van der Waals surface area (Å²) < 4.78 is 12.2. The molecule has 0 aliphatic heterocycles. The summed E-state index contributed by atoms with van der Waals surface area (Å²) in [5.74, 6) is 0.252. The van der Waals surface area contributed by atoms with E-state index in [0.29, 0.717) is 0 Å². The van der Waals surface area contributed by atoms with Crippen molar-refractivity contribution in [1.82, 2.24) is 0 Å². The third-order valence-electron chi connectivity index (χ3n) is 15.8. The van der Waals surface area contributed by atoms with Crippen LogP contribution in [0.4, 0.5) is 0 Å². The molecule has 0 aromatic heterocycles. The van der Waals surface area contributed by atoms with E-state index in [4.69, 9.17) is 4.21 Å². The Morgan fingerprint density at radius 3 is 1.37 bits per heavy atom. The van der Waals surface area contributed by atoms with E-state index in [0.717, 1.165) is 12.8 Å². The van der Waals surface area contributed by atoms with E-state index in [1.807, 2.05) is 0 Å². The second kappa shape index (κ2) is 18.4. The number of rotatable bonds is 7. The van der Waals surface area contributed by atoms with Crippen LogP contribution in [0.1, 0.15) is 142 Å². The van der Waals surface area contributed by atoms with Gasteiger partial charge in [0.25, 0.3) is 0 Å². The van der Waals surface area contributed by atoms with Crippen LogP contribution in [-0.4, -0.2) is 4.21 Å². The average Bonchev–Trinajstić information content (AvgIpc) is 3.82. The molecule has 0 fully saturated rings. The van der Waals surface area contributed by atoms with E-state index in [-0.39, 0.29) is 47.0 Å². The predicted octanol–water partition coefficient (Wildman–Crippen LogP) is 16.8. The molecule has 0 saturated heterocycles. The van der Waals surface area contributed by atoms with Crippen molar-refractivity contribution < 1.29 is 18.3 Å². The zero-order valence-electron chi connectivity index (χ0n) is 44.8. The molecule has 358 valence electrons. The minimum atomic E-state index is -5.53. The Morgan fingerprint density at radius 1 is 0.500 bits per heavy atom. The van der Waals surface area contributed by atoms with Gasteiger partial charge >= 0.3 is 404 Å². The van der Waals surface area contributed by atoms with Gasteiger partial charge in [0.15, 0.2) is 0 Å². The molecule has 0 saturated carbocycles. The number of fused-ring (bicyclic) bond motifs is 3. The van der Waals surface area contributed by atoms with E-state index in [1.54, 1.807) is 6.55 Å². The molecular formula is C65H80Cl2Zr. The first-order chi connectivity index (χ1) is 30.7. The zero-order valence-corrected chi connectivity index (χ0v) is 48.9. The van der Waals surface area contributed by atoms with Crippen LogP contribution in [0.25, 0.3) is 33.4 Å². The number of halogens is 2. The maximum atomic E-state index is 6.26. The topological polar surface area (TPSA) is 0 Å². The van der Waals surface area contributed by atoms with E-state index < -0.39 is 18.3 Å². The van der Waals surface area contributed by atoms with Crippen molar-refractivity contribution >= 4 is 38.8 Å². The Balaban J connectivity index is 0.00000381. The molecular weight excluding hydrogens is 943 g/mol. The van der Waals surface area contributed by atoms with Crippen molar-refractivity contribution in [3.8, 4) is 33.4 Å². The van der Waals surface area contributed by atoms with Gasteiger partial charge in [-0.3, -0.25) is 0 Å². The van der Waals surface area contributed by atoms with Crippen molar-refractivity contribution in [2.24, 2.45) is 11.3 Å². The van der Waals surface area contributed by atoms with Crippen LogP contribution >= 0.6 is 24.8 Å². The van der Waals surface area contributed by atoms with Crippen LogP contribution in [0.3, 0.4) is 0 Å². The number of hydrogen-bond donors (Lipinski definition) is 0. The summed E-state index contributed by atoms with van der Waals surface area (Å²) in [5.41, 5.74) is 25.9. The summed E-state index contributed by atoms with van der Waals surface area (Å²) in [6.07, 6.45) is 7.23. The predicted molar refractivity (Wildman–Crippen MR) is 304 cm³/mol. The molecule has 0 heterocycles. The molecule has 1 atom stereocenters. The van der Waals surface area contributed by atoms with E-state index in [1.165, 1.54) is 112 Å². The molecule has 68 heavy (non-hydrogen) atoms. The molecule has 1 unspecified atom stereocenters. The number of aryl methyl sites for hydroxylation is 8. The van der Waals surface area contributed by atoms with Gasteiger partial charge in [-0.25, -0.2) is 0 Å². The fourth-order valence-electron chi connectivity index (χ4n) is 12.6. The third kappa shape index (κ3) is 8.62. The normalized spacial score (nSPS) is 15.0. The van der Waals surface area contributed by atoms with E-state index >= 15 is 0 Å². The van der Waals surface area contributed by atoms with Crippen molar-refractivity contribution in [3.05, 3.63) is 179 Å². The summed E-state index contributed by atoms with van der Waals surface area (Å²) >= 11 is -5.53. The summed E-state index contributed by atoms with van der Waals surface area (Å²) in [7, 11) is 0. The molecule has 0 amide bonds. The Bertz CT molecular complexity index is 2990. The fourth-order valence-corrected chi connectivity index (χ4v) is 29.7. The Hall–Kier alpha value is -3.87. The van der Waals surface area contributed by atoms with Crippen LogP contribution in [0, 0.1) is 66.7 Å². The van der Waals surface area contributed by atoms with Crippen molar-refractivity contribution in [2.45, 2.75) is 148 Å². The van der Waals surface area contributed by atoms with Gasteiger partial charge in [-0.05, 0) is 0 Å².